The molecule has 0 radical (unpaired) electrons. The first-order chi connectivity index (χ1) is 11.6. The molecule has 4 nitrogen and oxygen atoms in total. The Hall–Kier alpha value is -2.49. The van der Waals surface area contributed by atoms with E-state index in [1.54, 1.807) is 0 Å². The van der Waals surface area contributed by atoms with Crippen molar-refractivity contribution in [1.82, 2.24) is 4.90 Å². The Bertz CT molecular complexity index is 744. The fraction of sp³-hybridized carbons (Fsp3) is 0.350. The van der Waals surface area contributed by atoms with Crippen LogP contribution in [-0.2, 0) is 5.66 Å². The van der Waals surface area contributed by atoms with Crippen molar-refractivity contribution in [2.75, 3.05) is 18.5 Å². The van der Waals surface area contributed by atoms with Crippen LogP contribution in [0.25, 0.3) is 0 Å². The summed E-state index contributed by atoms with van der Waals surface area (Å²) in [4.78, 5) is 15.0. The number of rotatable bonds is 5. The van der Waals surface area contributed by atoms with Gasteiger partial charge in [-0.25, -0.2) is 0 Å². The molecule has 2 aromatic carbocycles. The Morgan fingerprint density at radius 3 is 2.54 bits per heavy atom. The number of amides is 1. The maximum absolute atomic E-state index is 13.1. The summed E-state index contributed by atoms with van der Waals surface area (Å²) in [6.07, 6.45) is 0.891. The Morgan fingerprint density at radius 1 is 1.08 bits per heavy atom. The third kappa shape index (κ3) is 2.62. The predicted octanol–water partition coefficient (Wildman–Crippen LogP) is 4.24. The van der Waals surface area contributed by atoms with Crippen molar-refractivity contribution in [3.05, 3.63) is 59.7 Å². The van der Waals surface area contributed by atoms with Crippen molar-refractivity contribution in [3.63, 3.8) is 0 Å². The zero-order chi connectivity index (χ0) is 17.2. The molecule has 0 bridgehead atoms. The quantitative estimate of drug-likeness (QED) is 0.894. The van der Waals surface area contributed by atoms with Gasteiger partial charge in [0.05, 0.1) is 12.2 Å². The van der Waals surface area contributed by atoms with Gasteiger partial charge in [-0.2, -0.15) is 0 Å². The first-order valence-corrected chi connectivity index (χ1v) is 8.53. The maximum atomic E-state index is 13.1. The number of carbonyl (C=O) groups is 1. The van der Waals surface area contributed by atoms with Crippen LogP contribution in [0.5, 0.6) is 5.75 Å². The molecule has 1 unspecified atom stereocenters. The van der Waals surface area contributed by atoms with Crippen LogP contribution in [0.2, 0.25) is 0 Å². The lowest BCUT2D eigenvalue weighted by molar-refractivity contribution is 0.0529. The van der Waals surface area contributed by atoms with Gasteiger partial charge in [0.1, 0.15) is 11.4 Å². The van der Waals surface area contributed by atoms with Gasteiger partial charge in [-0.05, 0) is 38.5 Å². The van der Waals surface area contributed by atoms with Gasteiger partial charge in [0.25, 0.3) is 5.91 Å². The Labute approximate surface area is 143 Å². The molecule has 1 aliphatic rings. The van der Waals surface area contributed by atoms with E-state index in [1.807, 2.05) is 67.3 Å². The molecule has 0 spiro atoms. The van der Waals surface area contributed by atoms with E-state index in [9.17, 15) is 4.79 Å². The van der Waals surface area contributed by atoms with Crippen LogP contribution in [-0.4, -0.2) is 24.0 Å². The molecule has 4 heteroatoms. The van der Waals surface area contributed by atoms with Gasteiger partial charge in [0, 0.05) is 17.8 Å². The van der Waals surface area contributed by atoms with Crippen LogP contribution in [0.1, 0.15) is 43.1 Å². The third-order valence-corrected chi connectivity index (χ3v) is 4.48. The van der Waals surface area contributed by atoms with E-state index >= 15 is 0 Å². The summed E-state index contributed by atoms with van der Waals surface area (Å²) in [5, 5.41) is 3.58. The largest absolute Gasteiger partial charge is 0.493 e. The van der Waals surface area contributed by atoms with Crippen molar-refractivity contribution < 1.29 is 9.53 Å². The molecule has 0 saturated carbocycles. The molecule has 0 saturated heterocycles. The van der Waals surface area contributed by atoms with Gasteiger partial charge in [0.2, 0.25) is 0 Å². The number of nitrogens with one attached hydrogen (secondary N) is 1. The zero-order valence-electron chi connectivity index (χ0n) is 14.5. The van der Waals surface area contributed by atoms with Gasteiger partial charge in [-0.3, -0.25) is 4.79 Å². The van der Waals surface area contributed by atoms with E-state index < -0.39 is 5.66 Å². The number of benzene rings is 2. The third-order valence-electron chi connectivity index (χ3n) is 4.48. The van der Waals surface area contributed by atoms with Gasteiger partial charge in [0.15, 0.2) is 0 Å². The normalized spacial score (nSPS) is 19.6. The highest BCUT2D eigenvalue weighted by Gasteiger charge is 2.43. The molecule has 3 rings (SSSR count). The van der Waals surface area contributed by atoms with Crippen LogP contribution in [0, 0.1) is 0 Å². The fourth-order valence-corrected chi connectivity index (χ4v) is 3.37. The number of para-hydroxylation sites is 2. The highest BCUT2D eigenvalue weighted by Crippen LogP contribution is 2.41. The van der Waals surface area contributed by atoms with Gasteiger partial charge < -0.3 is 15.0 Å². The molecule has 24 heavy (non-hydrogen) atoms. The van der Waals surface area contributed by atoms with E-state index in [0.717, 1.165) is 29.0 Å². The minimum absolute atomic E-state index is 0.0556. The molecule has 0 aromatic heterocycles. The summed E-state index contributed by atoms with van der Waals surface area (Å²) in [6.45, 7) is 7.37. The van der Waals surface area contributed by atoms with E-state index in [0.29, 0.717) is 13.2 Å². The molecular formula is C20H24N2O2. The first-order valence-electron chi connectivity index (χ1n) is 8.53. The fourth-order valence-electron chi connectivity index (χ4n) is 3.37. The van der Waals surface area contributed by atoms with Crippen molar-refractivity contribution in [1.29, 1.82) is 0 Å². The highest BCUT2D eigenvalue weighted by atomic mass is 16.5. The van der Waals surface area contributed by atoms with Crippen LogP contribution in [0.15, 0.2) is 48.5 Å². The van der Waals surface area contributed by atoms with Crippen molar-refractivity contribution >= 4 is 11.6 Å². The second-order valence-electron chi connectivity index (χ2n) is 6.13. The Kier molecular flexibility index (Phi) is 4.47. The summed E-state index contributed by atoms with van der Waals surface area (Å²) < 4.78 is 5.83. The van der Waals surface area contributed by atoms with Crippen LogP contribution in [0.4, 0.5) is 5.69 Å². The molecule has 126 valence electrons. The number of fused-ring (bicyclic) bond motifs is 1. The monoisotopic (exact) mass is 324 g/mol. The van der Waals surface area contributed by atoms with Crippen molar-refractivity contribution in [2.45, 2.75) is 32.9 Å². The molecule has 2 aromatic rings. The summed E-state index contributed by atoms with van der Waals surface area (Å²) >= 11 is 0. The molecule has 1 N–H and O–H groups in total. The smallest absolute Gasteiger partial charge is 0.258 e. The SMILES string of the molecule is CCCN1C(=O)c2ccccc2NC1(C)c1ccccc1OCC. The van der Waals surface area contributed by atoms with E-state index in [4.69, 9.17) is 4.74 Å². The molecule has 1 amide bonds. The van der Waals surface area contributed by atoms with E-state index in [-0.39, 0.29) is 5.91 Å². The summed E-state index contributed by atoms with van der Waals surface area (Å²) in [5.41, 5.74) is 1.91. The van der Waals surface area contributed by atoms with Crippen molar-refractivity contribution in [2.24, 2.45) is 0 Å². The highest BCUT2D eigenvalue weighted by molar-refractivity contribution is 6.02. The molecule has 0 fully saturated rings. The van der Waals surface area contributed by atoms with Crippen LogP contribution in [0.3, 0.4) is 0 Å². The summed E-state index contributed by atoms with van der Waals surface area (Å²) in [7, 11) is 0. The van der Waals surface area contributed by atoms with Crippen LogP contribution < -0.4 is 10.1 Å². The van der Waals surface area contributed by atoms with E-state index in [1.165, 1.54) is 0 Å². The maximum Gasteiger partial charge on any atom is 0.258 e. The standard InChI is InChI=1S/C20H24N2O2/c1-4-14-22-19(23)15-10-6-8-12-17(15)21-20(22,3)16-11-7-9-13-18(16)24-5-2/h6-13,21H,4-5,14H2,1-3H3. The van der Waals surface area contributed by atoms with Crippen molar-refractivity contribution in [3.8, 4) is 5.75 Å². The van der Waals surface area contributed by atoms with Gasteiger partial charge in [-0.15, -0.1) is 0 Å². The summed E-state index contributed by atoms with van der Waals surface area (Å²) in [6, 6.07) is 15.6. The number of hydrogen-bond acceptors (Lipinski definition) is 3. The number of hydrogen-bond donors (Lipinski definition) is 1. The second-order valence-corrected chi connectivity index (χ2v) is 6.13. The minimum atomic E-state index is -0.646. The zero-order valence-corrected chi connectivity index (χ0v) is 14.5. The summed E-state index contributed by atoms with van der Waals surface area (Å²) in [5.74, 6) is 0.864. The van der Waals surface area contributed by atoms with Crippen LogP contribution >= 0.6 is 0 Å². The first kappa shape index (κ1) is 16.4. The molecule has 1 heterocycles. The average molecular weight is 324 g/mol. The lowest BCUT2D eigenvalue weighted by Crippen LogP contribution is -2.56. The number of ether oxygens (including phenoxy) is 1. The van der Waals surface area contributed by atoms with Gasteiger partial charge in [-0.1, -0.05) is 37.3 Å². The minimum Gasteiger partial charge on any atom is -0.493 e. The number of anilines is 1. The molecular weight excluding hydrogens is 300 g/mol. The predicted molar refractivity (Wildman–Crippen MR) is 96.4 cm³/mol. The topological polar surface area (TPSA) is 41.6 Å². The number of carbonyl (C=O) groups excluding carboxylic acids is 1. The molecule has 1 aliphatic heterocycles. The lowest BCUT2D eigenvalue weighted by Gasteiger charge is -2.47. The molecule has 0 aliphatic carbocycles. The average Bonchev–Trinajstić information content (AvgIpc) is 2.59. The number of nitrogens with zero attached hydrogens (tertiary/aromatic N) is 1. The molecule has 1 atom stereocenters. The lowest BCUT2D eigenvalue weighted by atomic mass is 9.92. The Morgan fingerprint density at radius 2 is 1.79 bits per heavy atom. The van der Waals surface area contributed by atoms with Gasteiger partial charge >= 0.3 is 0 Å². The van der Waals surface area contributed by atoms with E-state index in [2.05, 4.69) is 12.2 Å². The Balaban J connectivity index is 2.15. The second kappa shape index (κ2) is 6.56.